The lowest BCUT2D eigenvalue weighted by Crippen LogP contribution is -2.31. The minimum Gasteiger partial charge on any atom is -0.483 e. The van der Waals surface area contributed by atoms with Crippen LogP contribution in [0.5, 0.6) is 5.75 Å². The van der Waals surface area contributed by atoms with Crippen LogP contribution in [0.1, 0.15) is 24.0 Å². The van der Waals surface area contributed by atoms with E-state index in [1.165, 1.54) is 12.1 Å². The van der Waals surface area contributed by atoms with Gasteiger partial charge in [0, 0.05) is 18.8 Å². The van der Waals surface area contributed by atoms with Gasteiger partial charge in [-0.25, -0.2) is 13.1 Å². The summed E-state index contributed by atoms with van der Waals surface area (Å²) in [5.74, 6) is 0.335. The second-order valence-electron chi connectivity index (χ2n) is 7.12. The van der Waals surface area contributed by atoms with Gasteiger partial charge in [-0.05, 0) is 62.6 Å². The Morgan fingerprint density at radius 1 is 1.17 bits per heavy atom. The molecule has 1 aliphatic heterocycles. The van der Waals surface area contributed by atoms with Gasteiger partial charge in [-0.2, -0.15) is 0 Å². The minimum absolute atomic E-state index is 0.0690. The summed E-state index contributed by atoms with van der Waals surface area (Å²) in [4.78, 5) is 12.3. The highest BCUT2D eigenvalue weighted by molar-refractivity contribution is 7.89. The van der Waals surface area contributed by atoms with Crippen molar-refractivity contribution in [2.45, 2.75) is 37.7 Å². The molecule has 0 radical (unpaired) electrons. The number of ether oxygens (including phenoxy) is 2. The molecule has 2 aromatic rings. The number of sulfonamides is 1. The van der Waals surface area contributed by atoms with Crippen molar-refractivity contribution in [1.82, 2.24) is 4.72 Å². The second kappa shape index (κ2) is 9.39. The Morgan fingerprint density at radius 2 is 1.93 bits per heavy atom. The van der Waals surface area contributed by atoms with E-state index < -0.39 is 10.0 Å². The minimum atomic E-state index is -3.61. The highest BCUT2D eigenvalue weighted by Gasteiger charge is 2.20. The van der Waals surface area contributed by atoms with Crippen LogP contribution in [-0.2, 0) is 19.6 Å². The molecule has 2 aromatic carbocycles. The monoisotopic (exact) mass is 418 g/mol. The first-order valence-electron chi connectivity index (χ1n) is 9.55. The second-order valence-corrected chi connectivity index (χ2v) is 8.88. The fourth-order valence-electron chi connectivity index (χ4n) is 3.11. The van der Waals surface area contributed by atoms with E-state index in [4.69, 9.17) is 9.47 Å². The molecule has 29 heavy (non-hydrogen) atoms. The summed E-state index contributed by atoms with van der Waals surface area (Å²) in [6.45, 7) is 4.72. The summed E-state index contributed by atoms with van der Waals surface area (Å²) < 4.78 is 38.3. The average Bonchev–Trinajstić information content (AvgIpc) is 3.20. The van der Waals surface area contributed by atoms with Crippen molar-refractivity contribution in [3.8, 4) is 5.75 Å². The van der Waals surface area contributed by atoms with E-state index in [2.05, 4.69) is 10.0 Å². The Hall–Kier alpha value is -2.42. The quantitative estimate of drug-likeness (QED) is 0.688. The highest BCUT2D eigenvalue weighted by Crippen LogP contribution is 2.19. The van der Waals surface area contributed by atoms with E-state index in [0.717, 1.165) is 24.0 Å². The van der Waals surface area contributed by atoms with Crippen molar-refractivity contribution in [1.29, 1.82) is 0 Å². The molecule has 0 bridgehead atoms. The lowest BCUT2D eigenvalue weighted by atomic mass is 10.1. The van der Waals surface area contributed by atoms with E-state index in [-0.39, 0.29) is 30.1 Å². The van der Waals surface area contributed by atoms with E-state index >= 15 is 0 Å². The molecule has 0 aliphatic carbocycles. The summed E-state index contributed by atoms with van der Waals surface area (Å²) in [7, 11) is -3.61. The van der Waals surface area contributed by atoms with Crippen LogP contribution in [0.25, 0.3) is 0 Å². The normalized spacial score (nSPS) is 16.6. The van der Waals surface area contributed by atoms with Crippen LogP contribution in [-0.4, -0.2) is 40.2 Å². The number of carbonyl (C=O) groups excluding carboxylic acids is 1. The lowest BCUT2D eigenvalue weighted by Gasteiger charge is -2.12. The fraction of sp³-hybridized carbons (Fsp3) is 0.381. The molecule has 8 heteroatoms. The number of nitrogens with one attached hydrogen (secondary N) is 2. The van der Waals surface area contributed by atoms with Gasteiger partial charge in [0.1, 0.15) is 5.75 Å². The van der Waals surface area contributed by atoms with Crippen LogP contribution in [0, 0.1) is 13.8 Å². The smallest absolute Gasteiger partial charge is 0.262 e. The standard InChI is InChI=1S/C21H26N2O5S/c1-15-5-10-20(16(2)12-15)28-14-21(24)23-17-6-8-19(9-7-17)29(25,26)22-13-18-4-3-11-27-18/h5-10,12,18,22H,3-4,11,13-14H2,1-2H3,(H,23,24). The van der Waals surface area contributed by atoms with E-state index in [1.807, 2.05) is 32.0 Å². The van der Waals surface area contributed by atoms with Gasteiger partial charge in [-0.15, -0.1) is 0 Å². The number of hydrogen-bond donors (Lipinski definition) is 2. The van der Waals surface area contributed by atoms with Crippen molar-refractivity contribution in [3.05, 3.63) is 53.6 Å². The van der Waals surface area contributed by atoms with Gasteiger partial charge in [0.25, 0.3) is 5.91 Å². The molecule has 0 aromatic heterocycles. The van der Waals surface area contributed by atoms with Crippen molar-refractivity contribution in [2.24, 2.45) is 0 Å². The third kappa shape index (κ3) is 6.03. The SMILES string of the molecule is Cc1ccc(OCC(=O)Nc2ccc(S(=O)(=O)NCC3CCCO3)cc2)c(C)c1. The van der Waals surface area contributed by atoms with Gasteiger partial charge < -0.3 is 14.8 Å². The average molecular weight is 419 g/mol. The molecule has 1 atom stereocenters. The highest BCUT2D eigenvalue weighted by atomic mass is 32.2. The maximum Gasteiger partial charge on any atom is 0.262 e. The van der Waals surface area contributed by atoms with Gasteiger partial charge in [-0.1, -0.05) is 17.7 Å². The van der Waals surface area contributed by atoms with Crippen LogP contribution in [0.3, 0.4) is 0 Å². The summed E-state index contributed by atoms with van der Waals surface area (Å²) in [6, 6.07) is 11.8. The van der Waals surface area contributed by atoms with Gasteiger partial charge in [-0.3, -0.25) is 4.79 Å². The van der Waals surface area contributed by atoms with Gasteiger partial charge >= 0.3 is 0 Å². The zero-order valence-corrected chi connectivity index (χ0v) is 17.4. The molecule has 1 unspecified atom stereocenters. The van der Waals surface area contributed by atoms with Crippen molar-refractivity contribution in [3.63, 3.8) is 0 Å². The predicted octanol–water partition coefficient (Wildman–Crippen LogP) is 2.78. The van der Waals surface area contributed by atoms with Crippen molar-refractivity contribution in [2.75, 3.05) is 25.1 Å². The van der Waals surface area contributed by atoms with Crippen LogP contribution < -0.4 is 14.8 Å². The number of aryl methyl sites for hydroxylation is 2. The molecule has 1 aliphatic rings. The molecule has 1 fully saturated rings. The summed E-state index contributed by atoms with van der Waals surface area (Å²) in [5, 5.41) is 2.70. The Balaban J connectivity index is 1.51. The number of amides is 1. The first-order valence-corrected chi connectivity index (χ1v) is 11.0. The van der Waals surface area contributed by atoms with Crippen LogP contribution in [0.15, 0.2) is 47.4 Å². The topological polar surface area (TPSA) is 93.7 Å². The van der Waals surface area contributed by atoms with Crippen LogP contribution in [0.4, 0.5) is 5.69 Å². The van der Waals surface area contributed by atoms with Crippen molar-refractivity contribution < 1.29 is 22.7 Å². The van der Waals surface area contributed by atoms with E-state index in [9.17, 15) is 13.2 Å². The number of anilines is 1. The molecule has 156 valence electrons. The lowest BCUT2D eigenvalue weighted by molar-refractivity contribution is -0.118. The largest absolute Gasteiger partial charge is 0.483 e. The van der Waals surface area contributed by atoms with E-state index in [1.54, 1.807) is 12.1 Å². The molecule has 7 nitrogen and oxygen atoms in total. The number of rotatable bonds is 8. The van der Waals surface area contributed by atoms with Crippen LogP contribution in [0.2, 0.25) is 0 Å². The molecule has 2 N–H and O–H groups in total. The Bertz CT molecular complexity index is 952. The van der Waals surface area contributed by atoms with E-state index in [0.29, 0.717) is 18.0 Å². The number of benzene rings is 2. The first kappa shape index (κ1) is 21.3. The molecule has 1 amide bonds. The predicted molar refractivity (Wildman–Crippen MR) is 111 cm³/mol. The summed E-state index contributed by atoms with van der Waals surface area (Å²) >= 11 is 0. The third-order valence-electron chi connectivity index (χ3n) is 4.66. The Morgan fingerprint density at radius 3 is 2.59 bits per heavy atom. The van der Waals surface area contributed by atoms with Gasteiger partial charge in [0.2, 0.25) is 10.0 Å². The molecule has 1 saturated heterocycles. The van der Waals surface area contributed by atoms with Gasteiger partial charge in [0.15, 0.2) is 6.61 Å². The number of carbonyl (C=O) groups is 1. The molecular formula is C21H26N2O5S. The zero-order chi connectivity index (χ0) is 20.9. The molecule has 1 heterocycles. The third-order valence-corrected chi connectivity index (χ3v) is 6.10. The molecule has 0 saturated carbocycles. The maximum atomic E-state index is 12.4. The Kier molecular flexibility index (Phi) is 6.89. The number of hydrogen-bond acceptors (Lipinski definition) is 5. The Labute approximate surface area is 171 Å². The summed E-state index contributed by atoms with van der Waals surface area (Å²) in [6.07, 6.45) is 1.74. The van der Waals surface area contributed by atoms with Crippen LogP contribution >= 0.6 is 0 Å². The fourth-order valence-corrected chi connectivity index (χ4v) is 4.18. The molecule has 3 rings (SSSR count). The van der Waals surface area contributed by atoms with Crippen molar-refractivity contribution >= 4 is 21.6 Å². The zero-order valence-electron chi connectivity index (χ0n) is 16.6. The molecular weight excluding hydrogens is 392 g/mol. The van der Waals surface area contributed by atoms with Gasteiger partial charge in [0.05, 0.1) is 11.0 Å². The summed E-state index contributed by atoms with van der Waals surface area (Å²) in [5.41, 5.74) is 2.58. The molecule has 0 spiro atoms. The maximum absolute atomic E-state index is 12.4. The first-order chi connectivity index (χ1) is 13.8.